The number of benzene rings is 1. The van der Waals surface area contributed by atoms with Crippen molar-refractivity contribution in [2.24, 2.45) is 5.41 Å². The van der Waals surface area contributed by atoms with E-state index in [1.165, 1.54) is 17.0 Å². The van der Waals surface area contributed by atoms with Gasteiger partial charge < -0.3 is 19.9 Å². The third kappa shape index (κ3) is 6.07. The van der Waals surface area contributed by atoms with Gasteiger partial charge in [-0.1, -0.05) is 24.6 Å². The van der Waals surface area contributed by atoms with Crippen LogP contribution in [-0.2, 0) is 11.3 Å². The van der Waals surface area contributed by atoms with Gasteiger partial charge in [0.1, 0.15) is 18.2 Å². The van der Waals surface area contributed by atoms with Gasteiger partial charge in [-0.15, -0.1) is 0 Å². The number of fused-ring (bicyclic) bond motifs is 1. The van der Waals surface area contributed by atoms with Crippen molar-refractivity contribution in [2.75, 3.05) is 32.8 Å². The van der Waals surface area contributed by atoms with Crippen LogP contribution in [0.1, 0.15) is 65.1 Å². The molecule has 2 amide bonds. The molecular weight excluding hydrogens is 502 g/mol. The number of para-hydroxylation sites is 1. The molecule has 2 aromatic heterocycles. The fourth-order valence-corrected chi connectivity index (χ4v) is 6.14. The molecule has 0 bridgehead atoms. The molecule has 0 atom stereocenters. The molecule has 0 unspecified atom stereocenters. The maximum atomic E-state index is 13.5. The molecule has 1 aromatic carbocycles. The highest BCUT2D eigenvalue weighted by Crippen LogP contribution is 2.38. The Hall–Kier alpha value is -3.65. The second-order valence-corrected chi connectivity index (χ2v) is 11.2. The Labute approximate surface area is 237 Å². The van der Waals surface area contributed by atoms with Crippen LogP contribution in [0.3, 0.4) is 0 Å². The number of aryl methyl sites for hydroxylation is 2. The zero-order valence-electron chi connectivity index (χ0n) is 24.0. The predicted octanol–water partition coefficient (Wildman–Crippen LogP) is 4.49. The van der Waals surface area contributed by atoms with Gasteiger partial charge >= 0.3 is 0 Å². The van der Waals surface area contributed by atoms with E-state index in [1.54, 1.807) is 12.1 Å². The molecule has 0 saturated carbocycles. The number of amides is 2. The van der Waals surface area contributed by atoms with E-state index in [2.05, 4.69) is 52.1 Å². The molecule has 3 aromatic rings. The lowest BCUT2D eigenvalue weighted by Crippen LogP contribution is -2.49. The summed E-state index contributed by atoms with van der Waals surface area (Å²) in [5.74, 6) is 1.52. The number of carbonyl (C=O) groups excluding carboxylic acids is 2. The number of hydrogen-bond donors (Lipinski definition) is 2. The molecule has 212 valence electrons. The van der Waals surface area contributed by atoms with Crippen molar-refractivity contribution in [1.29, 1.82) is 0 Å². The van der Waals surface area contributed by atoms with Crippen LogP contribution in [0.2, 0.25) is 0 Å². The Bertz CT molecular complexity index is 1360. The number of likely N-dealkylation sites (tertiary alicyclic amines) is 1. The third-order valence-corrected chi connectivity index (χ3v) is 8.47. The van der Waals surface area contributed by atoms with E-state index >= 15 is 0 Å². The highest BCUT2D eigenvalue weighted by atomic mass is 16.5. The van der Waals surface area contributed by atoms with Crippen molar-refractivity contribution in [1.82, 2.24) is 25.1 Å². The van der Waals surface area contributed by atoms with E-state index in [9.17, 15) is 9.59 Å². The summed E-state index contributed by atoms with van der Waals surface area (Å²) in [5, 5.41) is 6.17. The number of nitrogens with one attached hydrogen (secondary N) is 2. The van der Waals surface area contributed by atoms with E-state index in [0.717, 1.165) is 63.3 Å². The first kappa shape index (κ1) is 27.9. The maximum Gasteiger partial charge on any atom is 0.255 e. The molecule has 0 radical (unpaired) electrons. The Balaban J connectivity index is 1.23. The second-order valence-electron chi connectivity index (χ2n) is 11.2. The van der Waals surface area contributed by atoms with E-state index in [-0.39, 0.29) is 17.2 Å². The summed E-state index contributed by atoms with van der Waals surface area (Å²) < 4.78 is 8.12. The lowest BCUT2D eigenvalue weighted by atomic mass is 9.73. The second kappa shape index (κ2) is 12.3. The Kier molecular flexibility index (Phi) is 8.54. The van der Waals surface area contributed by atoms with Crippen LogP contribution in [0.15, 0.2) is 48.5 Å². The van der Waals surface area contributed by atoms with Crippen molar-refractivity contribution in [3.63, 3.8) is 0 Å². The maximum absolute atomic E-state index is 13.5. The monoisotopic (exact) mass is 543 g/mol. The summed E-state index contributed by atoms with van der Waals surface area (Å²) in [4.78, 5) is 33.4. The molecule has 1 fully saturated rings. The highest BCUT2D eigenvalue weighted by molar-refractivity contribution is 5.96. The number of pyridine rings is 1. The number of ether oxygens (including phenoxy) is 1. The highest BCUT2D eigenvalue weighted by Gasteiger charge is 2.40. The zero-order chi connectivity index (χ0) is 28.1. The van der Waals surface area contributed by atoms with Gasteiger partial charge in [0.15, 0.2) is 0 Å². The van der Waals surface area contributed by atoms with E-state index in [0.29, 0.717) is 31.0 Å². The van der Waals surface area contributed by atoms with Crippen LogP contribution in [0, 0.1) is 26.2 Å². The molecule has 2 aliphatic rings. The van der Waals surface area contributed by atoms with Crippen LogP contribution < -0.4 is 15.4 Å². The summed E-state index contributed by atoms with van der Waals surface area (Å²) in [6.45, 7) is 10.3. The first-order valence-electron chi connectivity index (χ1n) is 14.5. The average molecular weight is 544 g/mol. The number of aromatic nitrogens is 2. The minimum atomic E-state index is -0.384. The summed E-state index contributed by atoms with van der Waals surface area (Å²) in [5.41, 5.74) is 4.86. The predicted molar refractivity (Wildman–Crippen MR) is 156 cm³/mol. The lowest BCUT2D eigenvalue weighted by molar-refractivity contribution is -0.134. The molecule has 1 spiro atoms. The normalized spacial score (nSPS) is 18.8. The van der Waals surface area contributed by atoms with Gasteiger partial charge in [-0.2, -0.15) is 0 Å². The number of nitrogens with zero attached hydrogens (tertiary/aromatic N) is 3. The smallest absolute Gasteiger partial charge is 0.255 e. The van der Waals surface area contributed by atoms with Crippen molar-refractivity contribution >= 4 is 11.8 Å². The van der Waals surface area contributed by atoms with Gasteiger partial charge in [-0.3, -0.25) is 14.5 Å². The summed E-state index contributed by atoms with van der Waals surface area (Å²) >= 11 is 0. The van der Waals surface area contributed by atoms with Crippen LogP contribution in [-0.4, -0.2) is 59.1 Å². The quantitative estimate of drug-likeness (QED) is 0.508. The molecule has 8 nitrogen and oxygen atoms in total. The SMILES string of the molecule is Cc1cccc(-n2c(C)cc(CN3CCC4(CCCCNC(=O)c5ccccc5OCCNC4=O)CC3)c2C)n1. The molecule has 0 aliphatic carbocycles. The first-order valence-corrected chi connectivity index (χ1v) is 14.5. The van der Waals surface area contributed by atoms with Crippen LogP contribution >= 0.6 is 0 Å². The van der Waals surface area contributed by atoms with Crippen LogP contribution in [0.4, 0.5) is 0 Å². The fraction of sp³-hybridized carbons (Fsp3) is 0.469. The Morgan fingerprint density at radius 2 is 1.73 bits per heavy atom. The number of carbonyl (C=O) groups is 2. The molecule has 1 saturated heterocycles. The van der Waals surface area contributed by atoms with Gasteiger partial charge in [-0.25, -0.2) is 4.98 Å². The Morgan fingerprint density at radius 1 is 0.925 bits per heavy atom. The molecule has 8 heteroatoms. The molecule has 2 N–H and O–H groups in total. The number of piperidine rings is 1. The lowest BCUT2D eigenvalue weighted by Gasteiger charge is -2.41. The average Bonchev–Trinajstić information content (AvgIpc) is 3.23. The van der Waals surface area contributed by atoms with Crippen LogP contribution in [0.25, 0.3) is 5.82 Å². The summed E-state index contributed by atoms with van der Waals surface area (Å²) in [6, 6.07) is 15.7. The van der Waals surface area contributed by atoms with Crippen LogP contribution in [0.5, 0.6) is 5.75 Å². The third-order valence-electron chi connectivity index (χ3n) is 8.47. The largest absolute Gasteiger partial charge is 0.491 e. The van der Waals surface area contributed by atoms with Crippen molar-refractivity contribution in [3.05, 3.63) is 76.7 Å². The van der Waals surface area contributed by atoms with E-state index < -0.39 is 0 Å². The van der Waals surface area contributed by atoms with Gasteiger partial charge in [0.05, 0.1) is 17.5 Å². The summed E-state index contributed by atoms with van der Waals surface area (Å²) in [6.07, 6.45) is 4.22. The minimum Gasteiger partial charge on any atom is -0.491 e. The zero-order valence-corrected chi connectivity index (χ0v) is 24.0. The molecule has 4 heterocycles. The van der Waals surface area contributed by atoms with Gasteiger partial charge in [0, 0.05) is 30.2 Å². The van der Waals surface area contributed by atoms with Crippen molar-refractivity contribution in [2.45, 2.75) is 59.4 Å². The van der Waals surface area contributed by atoms with E-state index in [4.69, 9.17) is 9.72 Å². The van der Waals surface area contributed by atoms with E-state index in [1.807, 2.05) is 25.1 Å². The first-order chi connectivity index (χ1) is 19.4. The topological polar surface area (TPSA) is 88.5 Å². The molecular formula is C32H41N5O3. The van der Waals surface area contributed by atoms with Gasteiger partial charge in [0.25, 0.3) is 5.91 Å². The molecule has 5 rings (SSSR count). The summed E-state index contributed by atoms with van der Waals surface area (Å²) in [7, 11) is 0. The standard InChI is InChI=1S/C32H41N5O3/c1-23-9-8-12-29(35-23)37-24(2)21-26(25(37)3)22-36-18-14-32(15-19-36)13-6-7-16-33-30(38)27-10-4-5-11-28(27)40-20-17-34-31(32)39/h4-5,8-12,21H,6-7,13-20,22H2,1-3H3,(H,33,38)(H,34,39). The van der Waals surface area contributed by atoms with Gasteiger partial charge in [-0.05, 0) is 95.4 Å². The number of rotatable bonds is 3. The van der Waals surface area contributed by atoms with Gasteiger partial charge in [0.2, 0.25) is 5.91 Å². The fourth-order valence-electron chi connectivity index (χ4n) is 6.14. The number of hydrogen-bond acceptors (Lipinski definition) is 5. The molecule has 40 heavy (non-hydrogen) atoms. The van der Waals surface area contributed by atoms with Crippen molar-refractivity contribution in [3.8, 4) is 11.6 Å². The van der Waals surface area contributed by atoms with Crippen molar-refractivity contribution < 1.29 is 14.3 Å². The molecule has 2 aliphatic heterocycles. The minimum absolute atomic E-state index is 0.114. The Morgan fingerprint density at radius 3 is 2.52 bits per heavy atom.